The van der Waals surface area contributed by atoms with Crippen LogP contribution < -0.4 is 21.3 Å². The van der Waals surface area contributed by atoms with Gasteiger partial charge in [0.1, 0.15) is 12.6 Å². The summed E-state index contributed by atoms with van der Waals surface area (Å²) in [6, 6.07) is 6.13. The van der Waals surface area contributed by atoms with E-state index in [1.54, 1.807) is 12.1 Å². The highest BCUT2D eigenvalue weighted by Gasteiger charge is 2.30. The zero-order valence-electron chi connectivity index (χ0n) is 12.7. The van der Waals surface area contributed by atoms with Gasteiger partial charge in [0, 0.05) is 12.7 Å². The minimum Gasteiger partial charge on any atom is -0.370 e. The molecule has 0 aliphatic carbocycles. The number of carbonyl (C=O) groups is 4. The molecule has 1 atom stereocenters. The summed E-state index contributed by atoms with van der Waals surface area (Å²) in [6.07, 6.45) is -0.0699. The Morgan fingerprint density at radius 2 is 2.00 bits per heavy atom. The summed E-state index contributed by atoms with van der Waals surface area (Å²) in [5, 5.41) is 4.78. The van der Waals surface area contributed by atoms with Gasteiger partial charge in [0.15, 0.2) is 0 Å². The largest absolute Gasteiger partial charge is 0.370 e. The first-order valence-corrected chi connectivity index (χ1v) is 7.10. The van der Waals surface area contributed by atoms with Crippen molar-refractivity contribution in [2.75, 3.05) is 18.5 Å². The number of nitrogens with one attached hydrogen (secondary N) is 2. The molecule has 23 heavy (non-hydrogen) atoms. The highest BCUT2D eigenvalue weighted by atomic mass is 16.2. The van der Waals surface area contributed by atoms with Crippen molar-refractivity contribution in [1.82, 2.24) is 10.6 Å². The first-order chi connectivity index (χ1) is 10.9. The number of benzene rings is 1. The van der Waals surface area contributed by atoms with Crippen LogP contribution in [0.3, 0.4) is 0 Å². The fourth-order valence-electron chi connectivity index (χ4n) is 2.46. The molecule has 122 valence electrons. The lowest BCUT2D eigenvalue weighted by Crippen LogP contribution is -2.50. The van der Waals surface area contributed by atoms with Gasteiger partial charge in [-0.1, -0.05) is 18.2 Å². The molecule has 8 heteroatoms. The number of hydrogen-bond donors (Lipinski definition) is 3. The van der Waals surface area contributed by atoms with Gasteiger partial charge in [0.25, 0.3) is 0 Å². The van der Waals surface area contributed by atoms with E-state index in [4.69, 9.17) is 5.73 Å². The number of rotatable bonds is 6. The number of nitrogens with two attached hydrogens (primary N) is 1. The fraction of sp³-hybridized carbons (Fsp3) is 0.333. The summed E-state index contributed by atoms with van der Waals surface area (Å²) < 4.78 is 0. The van der Waals surface area contributed by atoms with Crippen LogP contribution in [0.1, 0.15) is 12.0 Å². The summed E-state index contributed by atoms with van der Waals surface area (Å²) >= 11 is 0. The summed E-state index contributed by atoms with van der Waals surface area (Å²) in [6.45, 7) is -0.220. The lowest BCUT2D eigenvalue weighted by Gasteiger charge is -2.20. The molecule has 0 fully saturated rings. The molecule has 0 saturated carbocycles. The summed E-state index contributed by atoms with van der Waals surface area (Å²) in [5.74, 6) is -1.95. The Morgan fingerprint density at radius 1 is 1.30 bits per heavy atom. The molecule has 0 radical (unpaired) electrons. The van der Waals surface area contributed by atoms with Crippen LogP contribution >= 0.6 is 0 Å². The van der Waals surface area contributed by atoms with Crippen molar-refractivity contribution >= 4 is 29.3 Å². The van der Waals surface area contributed by atoms with E-state index < -0.39 is 23.8 Å². The SMILES string of the molecule is CNC(=O)[C@H](CC(N)=O)NC(=O)CN1C(=O)Cc2ccccc21. The van der Waals surface area contributed by atoms with Crippen LogP contribution in [0.5, 0.6) is 0 Å². The van der Waals surface area contributed by atoms with Crippen LogP contribution in [-0.2, 0) is 25.6 Å². The van der Waals surface area contributed by atoms with Crippen LogP contribution in [0.4, 0.5) is 5.69 Å². The average molecular weight is 318 g/mol. The van der Waals surface area contributed by atoms with E-state index in [2.05, 4.69) is 10.6 Å². The standard InChI is InChI=1S/C15H18N4O4/c1-17-15(23)10(7-12(16)20)18-13(21)8-19-11-5-3-2-4-9(11)6-14(19)22/h2-5,10H,6-8H2,1H3,(H2,16,20)(H,17,23)(H,18,21)/t10-/m0/s1. The van der Waals surface area contributed by atoms with Crippen molar-refractivity contribution in [3.8, 4) is 0 Å². The predicted molar refractivity (Wildman–Crippen MR) is 82.3 cm³/mol. The quantitative estimate of drug-likeness (QED) is 0.602. The normalized spacial score (nSPS) is 14.1. The van der Waals surface area contributed by atoms with Crippen molar-refractivity contribution in [2.45, 2.75) is 18.9 Å². The topological polar surface area (TPSA) is 122 Å². The van der Waals surface area contributed by atoms with Gasteiger partial charge < -0.3 is 21.3 Å². The molecule has 8 nitrogen and oxygen atoms in total. The number of carbonyl (C=O) groups excluding carboxylic acids is 4. The van der Waals surface area contributed by atoms with Crippen molar-refractivity contribution in [3.05, 3.63) is 29.8 Å². The van der Waals surface area contributed by atoms with E-state index in [9.17, 15) is 19.2 Å². The van der Waals surface area contributed by atoms with E-state index in [-0.39, 0.29) is 25.3 Å². The Morgan fingerprint density at radius 3 is 2.65 bits per heavy atom. The second-order valence-electron chi connectivity index (χ2n) is 5.19. The lowest BCUT2D eigenvalue weighted by atomic mass is 10.1. The van der Waals surface area contributed by atoms with Crippen molar-refractivity contribution in [1.29, 1.82) is 0 Å². The van der Waals surface area contributed by atoms with Gasteiger partial charge in [-0.25, -0.2) is 0 Å². The molecule has 0 spiro atoms. The lowest BCUT2D eigenvalue weighted by molar-refractivity contribution is -0.130. The first kappa shape index (κ1) is 16.5. The van der Waals surface area contributed by atoms with E-state index in [0.29, 0.717) is 5.69 Å². The zero-order chi connectivity index (χ0) is 17.0. The molecule has 4 N–H and O–H groups in total. The minimum atomic E-state index is -1.06. The molecule has 0 unspecified atom stereocenters. The van der Waals surface area contributed by atoms with E-state index in [1.165, 1.54) is 11.9 Å². The maximum atomic E-state index is 12.1. The molecule has 1 aliphatic heterocycles. The van der Waals surface area contributed by atoms with Gasteiger partial charge >= 0.3 is 0 Å². The monoisotopic (exact) mass is 318 g/mol. The maximum absolute atomic E-state index is 12.1. The maximum Gasteiger partial charge on any atom is 0.242 e. The van der Waals surface area contributed by atoms with Gasteiger partial charge in [-0.15, -0.1) is 0 Å². The summed E-state index contributed by atoms with van der Waals surface area (Å²) in [7, 11) is 1.39. The molecule has 0 saturated heterocycles. The third kappa shape index (κ3) is 3.85. The van der Waals surface area contributed by atoms with Crippen molar-refractivity contribution in [2.24, 2.45) is 5.73 Å². The van der Waals surface area contributed by atoms with E-state index >= 15 is 0 Å². The smallest absolute Gasteiger partial charge is 0.242 e. The van der Waals surface area contributed by atoms with Crippen molar-refractivity contribution < 1.29 is 19.2 Å². The third-order valence-electron chi connectivity index (χ3n) is 3.53. The fourth-order valence-corrected chi connectivity index (χ4v) is 2.46. The Balaban J connectivity index is 2.05. The second kappa shape index (κ2) is 6.91. The number of anilines is 1. The summed E-state index contributed by atoms with van der Waals surface area (Å²) in [4.78, 5) is 48.2. The van der Waals surface area contributed by atoms with Crippen LogP contribution in [0.2, 0.25) is 0 Å². The van der Waals surface area contributed by atoms with E-state index in [0.717, 1.165) is 5.56 Å². The number of fused-ring (bicyclic) bond motifs is 1. The van der Waals surface area contributed by atoms with Crippen LogP contribution in [0, 0.1) is 0 Å². The van der Waals surface area contributed by atoms with E-state index in [1.807, 2.05) is 12.1 Å². The first-order valence-electron chi connectivity index (χ1n) is 7.10. The molecular weight excluding hydrogens is 300 g/mol. The number of primary amides is 1. The van der Waals surface area contributed by atoms with Crippen LogP contribution in [0.15, 0.2) is 24.3 Å². The number of para-hydroxylation sites is 1. The second-order valence-corrected chi connectivity index (χ2v) is 5.19. The molecule has 1 aromatic carbocycles. The Labute approximate surface area is 133 Å². The molecule has 1 aliphatic rings. The Bertz CT molecular complexity index is 659. The zero-order valence-corrected chi connectivity index (χ0v) is 12.7. The third-order valence-corrected chi connectivity index (χ3v) is 3.53. The van der Waals surface area contributed by atoms with Gasteiger partial charge in [-0.3, -0.25) is 19.2 Å². The van der Waals surface area contributed by atoms with Crippen molar-refractivity contribution in [3.63, 3.8) is 0 Å². The predicted octanol–water partition coefficient (Wildman–Crippen LogP) is -1.32. The highest BCUT2D eigenvalue weighted by Crippen LogP contribution is 2.27. The Kier molecular flexibility index (Phi) is 4.95. The van der Waals surface area contributed by atoms with Crippen LogP contribution in [0.25, 0.3) is 0 Å². The number of likely N-dealkylation sites (N-methyl/N-ethyl adjacent to an activating group) is 1. The van der Waals surface area contributed by atoms with Crippen LogP contribution in [-0.4, -0.2) is 43.3 Å². The van der Waals surface area contributed by atoms with Gasteiger partial charge in [-0.05, 0) is 11.6 Å². The molecule has 0 bridgehead atoms. The Hall–Kier alpha value is -2.90. The minimum absolute atomic E-state index is 0.187. The molecule has 1 aromatic rings. The molecule has 4 amide bonds. The van der Waals surface area contributed by atoms with Gasteiger partial charge in [0.05, 0.1) is 12.8 Å². The molecule has 0 aromatic heterocycles. The number of nitrogens with zero attached hydrogens (tertiary/aromatic N) is 1. The molecule has 1 heterocycles. The number of hydrogen-bond acceptors (Lipinski definition) is 4. The molecule has 2 rings (SSSR count). The molecular formula is C15H18N4O4. The van der Waals surface area contributed by atoms with Gasteiger partial charge in [-0.2, -0.15) is 0 Å². The highest BCUT2D eigenvalue weighted by molar-refractivity contribution is 6.05. The average Bonchev–Trinajstić information content (AvgIpc) is 2.81. The number of amides is 4. The van der Waals surface area contributed by atoms with Gasteiger partial charge in [0.2, 0.25) is 23.6 Å². The summed E-state index contributed by atoms with van der Waals surface area (Å²) in [5.41, 5.74) is 6.61.